The van der Waals surface area contributed by atoms with Crippen LogP contribution >= 0.6 is 0 Å². The molecule has 0 saturated carbocycles. The normalized spacial score (nSPS) is 13.0. The molecule has 3 heterocycles. The minimum absolute atomic E-state index is 0.116. The Labute approximate surface area is 167 Å². The van der Waals surface area contributed by atoms with Gasteiger partial charge in [0.05, 0.1) is 41.2 Å². The van der Waals surface area contributed by atoms with E-state index >= 15 is 0 Å². The summed E-state index contributed by atoms with van der Waals surface area (Å²) in [6, 6.07) is 9.91. The number of ketones is 1. The smallest absolute Gasteiger partial charge is 0.168 e. The van der Waals surface area contributed by atoms with Crippen LogP contribution in [0.4, 0.5) is 0 Å². The van der Waals surface area contributed by atoms with Crippen LogP contribution in [0.3, 0.4) is 0 Å². The van der Waals surface area contributed by atoms with Gasteiger partial charge in [-0.1, -0.05) is 0 Å². The van der Waals surface area contributed by atoms with Gasteiger partial charge in [0.25, 0.3) is 0 Å². The van der Waals surface area contributed by atoms with Crippen molar-refractivity contribution in [1.29, 1.82) is 0 Å². The van der Waals surface area contributed by atoms with Gasteiger partial charge < -0.3 is 9.30 Å². The number of Topliss-reactive ketones (excluding diaryl/α,β-unsaturated/α-hetero) is 1. The highest BCUT2D eigenvalue weighted by molar-refractivity contribution is 5.97. The molecule has 6 nitrogen and oxygen atoms in total. The molecule has 6 heteroatoms. The summed E-state index contributed by atoms with van der Waals surface area (Å²) in [5, 5.41) is 0.885. The van der Waals surface area contributed by atoms with Gasteiger partial charge in [0.1, 0.15) is 11.6 Å². The monoisotopic (exact) mass is 375 g/mol. The number of fused-ring (bicyclic) bond motifs is 1. The van der Waals surface area contributed by atoms with Gasteiger partial charge in [-0.15, -0.1) is 0 Å². The molecule has 0 amide bonds. The minimum atomic E-state index is -2.53. The molecule has 28 heavy (non-hydrogen) atoms. The molecule has 1 aromatic carbocycles. The fourth-order valence-electron chi connectivity index (χ4n) is 3.06. The Kier molecular flexibility index (Phi) is 3.75. The lowest BCUT2D eigenvalue weighted by Gasteiger charge is -2.07. The van der Waals surface area contributed by atoms with Crippen molar-refractivity contribution in [3.05, 3.63) is 72.1 Å². The van der Waals surface area contributed by atoms with E-state index in [1.54, 1.807) is 24.5 Å². The molecule has 140 valence electrons. The molecule has 0 N–H and O–H groups in total. The van der Waals surface area contributed by atoms with Crippen molar-refractivity contribution in [1.82, 2.24) is 19.5 Å². The van der Waals surface area contributed by atoms with Crippen molar-refractivity contribution in [2.75, 3.05) is 7.04 Å². The number of aromatic nitrogens is 4. The Morgan fingerprint density at radius 2 is 1.93 bits per heavy atom. The Bertz CT molecular complexity index is 1260. The molecule has 0 aliphatic heterocycles. The van der Waals surface area contributed by atoms with Gasteiger partial charge >= 0.3 is 0 Å². The highest BCUT2D eigenvalue weighted by atomic mass is 16.5. The van der Waals surface area contributed by atoms with Crippen LogP contribution in [0.15, 0.2) is 55.0 Å². The van der Waals surface area contributed by atoms with Crippen molar-refractivity contribution in [2.45, 2.75) is 13.3 Å². The lowest BCUT2D eigenvalue weighted by Crippen LogP contribution is -2.05. The van der Waals surface area contributed by atoms with Crippen molar-refractivity contribution in [2.24, 2.45) is 7.05 Å². The molecule has 0 bridgehead atoms. The van der Waals surface area contributed by atoms with Gasteiger partial charge in [-0.2, -0.15) is 0 Å². The largest absolute Gasteiger partial charge is 0.497 e. The molecular formula is C22H20N4O2. The second kappa shape index (κ2) is 7.23. The molecule has 0 aliphatic rings. The van der Waals surface area contributed by atoms with E-state index < -0.39 is 7.04 Å². The predicted octanol–water partition coefficient (Wildman–Crippen LogP) is 3.77. The number of benzene rings is 1. The maximum atomic E-state index is 12.7. The second-order valence-corrected chi connectivity index (χ2v) is 6.57. The van der Waals surface area contributed by atoms with Gasteiger partial charge in [0.15, 0.2) is 5.78 Å². The molecule has 4 rings (SSSR count). The third-order valence-corrected chi connectivity index (χ3v) is 4.78. The summed E-state index contributed by atoms with van der Waals surface area (Å²) in [5.74, 6) is 0.967. The zero-order chi connectivity index (χ0) is 22.2. The molecule has 0 fully saturated rings. The third-order valence-electron chi connectivity index (χ3n) is 4.78. The number of aryl methyl sites for hydroxylation is 1. The number of pyridine rings is 2. The molecule has 0 radical (unpaired) electrons. The first kappa shape index (κ1) is 14.5. The van der Waals surface area contributed by atoms with E-state index in [9.17, 15) is 4.79 Å². The Balaban J connectivity index is 1.55. The standard InChI is InChI=1S/C22H20N4O2/c1-14-23-13-21(26(14)2)17-8-16-9-18(24-12-20(16)25-11-17)10-22(27)15-4-6-19(28-3)7-5-15/h4-9,11-13H,10H2,1-3H3/i3D3. The van der Waals surface area contributed by atoms with Crippen LogP contribution in [0.25, 0.3) is 22.2 Å². The van der Waals surface area contributed by atoms with Crippen LogP contribution in [0.2, 0.25) is 0 Å². The molecule has 4 aromatic rings. The molecular weight excluding hydrogens is 352 g/mol. The van der Waals surface area contributed by atoms with Crippen LogP contribution in [0, 0.1) is 6.92 Å². The van der Waals surface area contributed by atoms with Crippen LogP contribution < -0.4 is 4.74 Å². The van der Waals surface area contributed by atoms with Crippen molar-refractivity contribution >= 4 is 16.7 Å². The predicted molar refractivity (Wildman–Crippen MR) is 108 cm³/mol. The number of hydrogen-bond acceptors (Lipinski definition) is 5. The van der Waals surface area contributed by atoms with E-state index in [-0.39, 0.29) is 18.0 Å². The summed E-state index contributed by atoms with van der Waals surface area (Å²) in [7, 11) is -0.575. The molecule has 0 saturated heterocycles. The average Bonchev–Trinajstić information content (AvgIpc) is 3.05. The van der Waals surface area contributed by atoms with Gasteiger partial charge in [-0.3, -0.25) is 14.8 Å². The van der Waals surface area contributed by atoms with Gasteiger partial charge in [0.2, 0.25) is 0 Å². The topological polar surface area (TPSA) is 69.9 Å². The minimum Gasteiger partial charge on any atom is -0.497 e. The van der Waals surface area contributed by atoms with Gasteiger partial charge in [-0.25, -0.2) is 4.98 Å². The third kappa shape index (κ3) is 3.36. The molecule has 0 aliphatic carbocycles. The number of rotatable bonds is 5. The number of imidazole rings is 1. The number of nitrogens with zero attached hydrogens (tertiary/aromatic N) is 4. The molecule has 0 spiro atoms. The Morgan fingerprint density at radius 3 is 2.64 bits per heavy atom. The highest BCUT2D eigenvalue weighted by Crippen LogP contribution is 2.23. The zero-order valence-corrected chi connectivity index (χ0v) is 15.5. The summed E-state index contributed by atoms with van der Waals surface area (Å²) < 4.78 is 28.2. The summed E-state index contributed by atoms with van der Waals surface area (Å²) in [5.41, 5.74) is 3.71. The fourth-order valence-corrected chi connectivity index (χ4v) is 3.06. The first-order valence-corrected chi connectivity index (χ1v) is 8.75. The van der Waals surface area contributed by atoms with E-state index in [2.05, 4.69) is 15.0 Å². The zero-order valence-electron chi connectivity index (χ0n) is 18.5. The van der Waals surface area contributed by atoms with E-state index in [1.807, 2.05) is 36.9 Å². The van der Waals surface area contributed by atoms with Crippen molar-refractivity contribution in [3.8, 4) is 17.0 Å². The second-order valence-electron chi connectivity index (χ2n) is 6.57. The van der Waals surface area contributed by atoms with Crippen LogP contribution in [-0.2, 0) is 13.5 Å². The van der Waals surface area contributed by atoms with E-state index in [1.165, 1.54) is 12.1 Å². The van der Waals surface area contributed by atoms with Gasteiger partial charge in [-0.05, 0) is 43.3 Å². The maximum absolute atomic E-state index is 12.7. The van der Waals surface area contributed by atoms with Crippen molar-refractivity contribution in [3.63, 3.8) is 0 Å². The van der Waals surface area contributed by atoms with Crippen LogP contribution in [0.5, 0.6) is 5.75 Å². The number of carbonyl (C=O) groups excluding carboxylic acids is 1. The van der Waals surface area contributed by atoms with Crippen LogP contribution in [-0.4, -0.2) is 32.3 Å². The van der Waals surface area contributed by atoms with Gasteiger partial charge in [0, 0.05) is 35.5 Å². The molecule has 3 aromatic heterocycles. The molecule has 0 atom stereocenters. The molecule has 0 unspecified atom stereocenters. The average molecular weight is 375 g/mol. The summed E-state index contributed by atoms with van der Waals surface area (Å²) in [6.07, 6.45) is 5.37. The van der Waals surface area contributed by atoms with E-state index in [0.29, 0.717) is 11.3 Å². The van der Waals surface area contributed by atoms with Crippen LogP contribution in [0.1, 0.15) is 26.0 Å². The Morgan fingerprint density at radius 1 is 1.11 bits per heavy atom. The lowest BCUT2D eigenvalue weighted by atomic mass is 10.0. The maximum Gasteiger partial charge on any atom is 0.168 e. The van der Waals surface area contributed by atoms with E-state index in [4.69, 9.17) is 8.85 Å². The first-order valence-electron chi connectivity index (χ1n) is 10.3. The first-order chi connectivity index (χ1) is 14.7. The fraction of sp³-hybridized carbons (Fsp3) is 0.182. The number of ether oxygens (including phenoxy) is 1. The van der Waals surface area contributed by atoms with E-state index in [0.717, 1.165) is 28.0 Å². The number of hydrogen-bond donors (Lipinski definition) is 0. The summed E-state index contributed by atoms with van der Waals surface area (Å²) >= 11 is 0. The lowest BCUT2D eigenvalue weighted by molar-refractivity contribution is 0.0992. The van der Waals surface area contributed by atoms with Crippen molar-refractivity contribution < 1.29 is 13.6 Å². The summed E-state index contributed by atoms with van der Waals surface area (Å²) in [6.45, 7) is 1.94. The summed E-state index contributed by atoms with van der Waals surface area (Å²) in [4.78, 5) is 25.8. The highest BCUT2D eigenvalue weighted by Gasteiger charge is 2.11. The SMILES string of the molecule is [2H]C([2H])([2H])Oc1ccc(C(=O)Cc2cc3cc(-c4cnc(C)n4C)cnc3cn2)cc1. The Hall–Kier alpha value is -3.54. The number of carbonyl (C=O) groups is 1. The quantitative estimate of drug-likeness (QED) is 0.497. The number of methoxy groups -OCH3 is 1.